The Labute approximate surface area is 212 Å². The molecule has 2 aromatic rings. The Kier molecular flexibility index (Phi) is 6.77. The first-order chi connectivity index (χ1) is 16.7. The van der Waals surface area contributed by atoms with Gasteiger partial charge in [-0.05, 0) is 98.7 Å². The van der Waals surface area contributed by atoms with E-state index in [1.54, 1.807) is 0 Å². The second-order valence-corrected chi connectivity index (χ2v) is 12.6. The molecule has 1 aromatic heterocycles. The van der Waals surface area contributed by atoms with E-state index in [1.165, 1.54) is 55.0 Å². The lowest BCUT2D eigenvalue weighted by atomic mass is 9.48. The van der Waals surface area contributed by atoms with Crippen LogP contribution in [0.4, 0.5) is 0 Å². The fourth-order valence-corrected chi connectivity index (χ4v) is 7.85. The molecule has 0 radical (unpaired) electrons. The maximum atomic E-state index is 12.8. The summed E-state index contributed by atoms with van der Waals surface area (Å²) in [6, 6.07) is 6.45. The average molecular weight is 498 g/mol. The standard InChI is InChI=1S/C27H39N5O2S/c1-16(2)22-6-5-17(3)7-23(22)34-14-24-30-31-26(32(24)28)35-15-25(33)29-18(4)27-11-19-8-20(12-27)10-21(9-19)13-27/h5-7,16,18-21H,8-15,28H2,1-4H3,(H,29,33). The second-order valence-electron chi connectivity index (χ2n) is 11.6. The van der Waals surface area contributed by atoms with Crippen molar-refractivity contribution in [2.24, 2.45) is 23.2 Å². The van der Waals surface area contributed by atoms with Gasteiger partial charge in [-0.3, -0.25) is 4.79 Å². The summed E-state index contributed by atoms with van der Waals surface area (Å²) in [7, 11) is 0. The lowest BCUT2D eigenvalue weighted by Gasteiger charge is -2.59. The van der Waals surface area contributed by atoms with Crippen molar-refractivity contribution in [2.45, 2.75) is 89.9 Å². The lowest BCUT2D eigenvalue weighted by molar-refractivity contribution is -0.123. The van der Waals surface area contributed by atoms with Gasteiger partial charge in [0, 0.05) is 6.04 Å². The Hall–Kier alpha value is -2.22. The van der Waals surface area contributed by atoms with Crippen LogP contribution in [0.25, 0.3) is 0 Å². The maximum absolute atomic E-state index is 12.8. The molecule has 4 bridgehead atoms. The van der Waals surface area contributed by atoms with E-state index in [0.717, 1.165) is 34.6 Å². The zero-order valence-corrected chi connectivity index (χ0v) is 22.2. The van der Waals surface area contributed by atoms with Crippen LogP contribution in [0.2, 0.25) is 0 Å². The molecule has 0 spiro atoms. The quantitative estimate of drug-likeness (QED) is 0.381. The number of hydrogen-bond acceptors (Lipinski definition) is 6. The van der Waals surface area contributed by atoms with E-state index in [9.17, 15) is 4.79 Å². The molecular formula is C27H39N5O2S. The van der Waals surface area contributed by atoms with Gasteiger partial charge in [-0.25, -0.2) is 4.68 Å². The molecule has 35 heavy (non-hydrogen) atoms. The Morgan fingerprint density at radius 1 is 1.17 bits per heavy atom. The molecule has 4 aliphatic rings. The molecule has 4 aliphatic carbocycles. The summed E-state index contributed by atoms with van der Waals surface area (Å²) >= 11 is 1.32. The maximum Gasteiger partial charge on any atom is 0.230 e. The summed E-state index contributed by atoms with van der Waals surface area (Å²) in [6.07, 6.45) is 8.10. The summed E-state index contributed by atoms with van der Waals surface area (Å²) in [5.41, 5.74) is 2.60. The van der Waals surface area contributed by atoms with Crippen LogP contribution in [0, 0.1) is 30.1 Å². The van der Waals surface area contributed by atoms with Crippen LogP contribution in [0.1, 0.15) is 82.2 Å². The van der Waals surface area contributed by atoms with Gasteiger partial charge < -0.3 is 15.9 Å². The number of carbonyl (C=O) groups excluding carboxylic acids is 1. The van der Waals surface area contributed by atoms with E-state index in [0.29, 0.717) is 22.3 Å². The van der Waals surface area contributed by atoms with Gasteiger partial charge in [0.2, 0.25) is 11.1 Å². The van der Waals surface area contributed by atoms with Crippen LogP contribution in [0.15, 0.2) is 23.4 Å². The predicted octanol–water partition coefficient (Wildman–Crippen LogP) is 4.82. The highest BCUT2D eigenvalue weighted by atomic mass is 32.2. The molecule has 0 aliphatic heterocycles. The number of hydrogen-bond donors (Lipinski definition) is 2. The number of nitrogens with zero attached hydrogens (tertiary/aromatic N) is 3. The number of carbonyl (C=O) groups is 1. The molecule has 0 saturated heterocycles. The summed E-state index contributed by atoms with van der Waals surface area (Å²) in [5.74, 6) is 10.9. The van der Waals surface area contributed by atoms with Gasteiger partial charge in [-0.15, -0.1) is 10.2 Å². The molecule has 4 fully saturated rings. The molecule has 1 amide bonds. The van der Waals surface area contributed by atoms with E-state index >= 15 is 0 Å². The van der Waals surface area contributed by atoms with Crippen LogP contribution in [0.3, 0.4) is 0 Å². The SMILES string of the molecule is Cc1ccc(C(C)C)c(OCc2nnc(SCC(=O)NC(C)C34CC5CC(CC(C5)C3)C4)n2N)c1. The molecule has 8 heteroatoms. The zero-order valence-electron chi connectivity index (χ0n) is 21.4. The first-order valence-corrected chi connectivity index (χ1v) is 14.1. The van der Waals surface area contributed by atoms with E-state index in [1.807, 2.05) is 13.0 Å². The van der Waals surface area contributed by atoms with E-state index in [2.05, 4.69) is 48.4 Å². The summed E-state index contributed by atoms with van der Waals surface area (Å²) in [5, 5.41) is 12.2. The highest BCUT2D eigenvalue weighted by Gasteiger charge is 2.53. The minimum absolute atomic E-state index is 0.0420. The minimum atomic E-state index is 0.0420. The molecule has 3 N–H and O–H groups in total. The third-order valence-electron chi connectivity index (χ3n) is 8.60. The highest BCUT2D eigenvalue weighted by Crippen LogP contribution is 2.61. The highest BCUT2D eigenvalue weighted by molar-refractivity contribution is 7.99. The molecule has 6 rings (SSSR count). The number of nitrogen functional groups attached to an aromatic ring is 1. The Bertz CT molecular complexity index is 1050. The largest absolute Gasteiger partial charge is 0.485 e. The van der Waals surface area contributed by atoms with Gasteiger partial charge >= 0.3 is 0 Å². The minimum Gasteiger partial charge on any atom is -0.485 e. The monoisotopic (exact) mass is 497 g/mol. The van der Waals surface area contributed by atoms with Crippen molar-refractivity contribution in [1.29, 1.82) is 0 Å². The van der Waals surface area contributed by atoms with Crippen LogP contribution >= 0.6 is 11.8 Å². The third kappa shape index (κ3) is 5.04. The first-order valence-electron chi connectivity index (χ1n) is 13.1. The van der Waals surface area contributed by atoms with E-state index in [4.69, 9.17) is 10.6 Å². The molecular weight excluding hydrogens is 458 g/mol. The van der Waals surface area contributed by atoms with Gasteiger partial charge in [0.15, 0.2) is 5.82 Å². The van der Waals surface area contributed by atoms with Gasteiger partial charge in [0.05, 0.1) is 5.75 Å². The number of aryl methyl sites for hydroxylation is 1. The van der Waals surface area contributed by atoms with Gasteiger partial charge in [-0.1, -0.05) is 37.7 Å². The molecule has 4 saturated carbocycles. The molecule has 1 heterocycles. The van der Waals surface area contributed by atoms with E-state index in [-0.39, 0.29) is 24.3 Å². The van der Waals surface area contributed by atoms with Crippen molar-refractivity contribution < 1.29 is 9.53 Å². The van der Waals surface area contributed by atoms with Crippen molar-refractivity contribution in [3.05, 3.63) is 35.2 Å². The number of rotatable bonds is 9. The summed E-state index contributed by atoms with van der Waals surface area (Å²) in [6.45, 7) is 8.78. The van der Waals surface area contributed by atoms with Gasteiger partial charge in [0.1, 0.15) is 12.4 Å². The molecule has 190 valence electrons. The van der Waals surface area contributed by atoms with Crippen molar-refractivity contribution in [3.63, 3.8) is 0 Å². The van der Waals surface area contributed by atoms with Crippen molar-refractivity contribution in [1.82, 2.24) is 20.2 Å². The Balaban J connectivity index is 1.15. The average Bonchev–Trinajstić information content (AvgIpc) is 3.14. The molecule has 1 aromatic carbocycles. The smallest absolute Gasteiger partial charge is 0.230 e. The molecule has 1 unspecified atom stereocenters. The number of aromatic nitrogens is 3. The summed E-state index contributed by atoms with van der Waals surface area (Å²) < 4.78 is 7.50. The van der Waals surface area contributed by atoms with Crippen molar-refractivity contribution in [2.75, 3.05) is 11.6 Å². The Morgan fingerprint density at radius 2 is 1.83 bits per heavy atom. The third-order valence-corrected chi connectivity index (χ3v) is 9.54. The fourth-order valence-electron chi connectivity index (χ4n) is 7.16. The number of benzene rings is 1. The summed E-state index contributed by atoms with van der Waals surface area (Å²) in [4.78, 5) is 12.8. The number of ether oxygens (including phenoxy) is 1. The first kappa shape index (κ1) is 24.5. The zero-order chi connectivity index (χ0) is 24.7. The predicted molar refractivity (Wildman–Crippen MR) is 139 cm³/mol. The normalized spacial score (nSPS) is 27.9. The molecule has 7 nitrogen and oxygen atoms in total. The fraction of sp³-hybridized carbons (Fsp3) is 0.667. The topological polar surface area (TPSA) is 95.1 Å². The number of thioether (sulfide) groups is 1. The van der Waals surface area contributed by atoms with Gasteiger partial charge in [-0.2, -0.15) is 0 Å². The number of amides is 1. The van der Waals surface area contributed by atoms with Gasteiger partial charge in [0.25, 0.3) is 0 Å². The van der Waals surface area contributed by atoms with Crippen molar-refractivity contribution >= 4 is 17.7 Å². The van der Waals surface area contributed by atoms with Crippen molar-refractivity contribution in [3.8, 4) is 5.75 Å². The number of nitrogens with one attached hydrogen (secondary N) is 1. The van der Waals surface area contributed by atoms with Crippen LogP contribution in [-0.4, -0.2) is 32.6 Å². The van der Waals surface area contributed by atoms with Crippen LogP contribution in [0.5, 0.6) is 5.75 Å². The van der Waals surface area contributed by atoms with Crippen LogP contribution in [-0.2, 0) is 11.4 Å². The van der Waals surface area contributed by atoms with E-state index < -0.39 is 0 Å². The second kappa shape index (κ2) is 9.68. The van der Waals surface area contributed by atoms with Crippen LogP contribution < -0.4 is 15.9 Å². The lowest BCUT2D eigenvalue weighted by Crippen LogP contribution is -2.56. The Morgan fingerprint density at radius 3 is 2.46 bits per heavy atom. The number of nitrogens with two attached hydrogens (primary N) is 1. The molecule has 1 atom stereocenters.